The lowest BCUT2D eigenvalue weighted by Crippen LogP contribution is -2.42. The van der Waals surface area contributed by atoms with E-state index in [9.17, 15) is 9.59 Å². The van der Waals surface area contributed by atoms with Crippen molar-refractivity contribution in [2.75, 3.05) is 25.0 Å². The number of urea groups is 1. The van der Waals surface area contributed by atoms with Crippen LogP contribution in [0.25, 0.3) is 0 Å². The summed E-state index contributed by atoms with van der Waals surface area (Å²) in [7, 11) is 0. The van der Waals surface area contributed by atoms with E-state index in [4.69, 9.17) is 16.3 Å². The molecule has 0 unspecified atom stereocenters. The summed E-state index contributed by atoms with van der Waals surface area (Å²) in [5, 5.41) is 15.5. The summed E-state index contributed by atoms with van der Waals surface area (Å²) in [5.74, 6) is -0.330. The first-order chi connectivity index (χ1) is 14.1. The highest BCUT2D eigenvalue weighted by molar-refractivity contribution is 7.13. The van der Waals surface area contributed by atoms with Crippen LogP contribution in [0.5, 0.6) is 0 Å². The fourth-order valence-corrected chi connectivity index (χ4v) is 4.57. The third-order valence-electron chi connectivity index (χ3n) is 5.04. The van der Waals surface area contributed by atoms with Gasteiger partial charge in [-0.3, -0.25) is 4.79 Å². The van der Waals surface area contributed by atoms with Crippen molar-refractivity contribution in [2.45, 2.75) is 37.8 Å². The highest BCUT2D eigenvalue weighted by Crippen LogP contribution is 2.33. The molecule has 3 heterocycles. The molecule has 29 heavy (non-hydrogen) atoms. The molecule has 2 fully saturated rings. The number of benzene rings is 1. The molecule has 1 aromatic heterocycles. The number of anilines is 1. The number of carbonyl (C=O) groups excluding carboxylic acids is 2. The number of likely N-dealkylation sites (tertiary alicyclic amines) is 1. The van der Waals surface area contributed by atoms with Crippen molar-refractivity contribution in [3.05, 3.63) is 39.3 Å². The van der Waals surface area contributed by atoms with Gasteiger partial charge in [0.15, 0.2) is 0 Å². The fourth-order valence-electron chi connectivity index (χ4n) is 3.55. The van der Waals surface area contributed by atoms with Gasteiger partial charge in [0.2, 0.25) is 5.01 Å². The molecule has 2 aromatic rings. The second kappa shape index (κ2) is 9.06. The smallest absolute Gasteiger partial charge is 0.318 e. The molecule has 0 spiro atoms. The molecule has 0 saturated carbocycles. The van der Waals surface area contributed by atoms with Crippen molar-refractivity contribution < 1.29 is 14.3 Å². The van der Waals surface area contributed by atoms with E-state index in [1.807, 2.05) is 0 Å². The van der Waals surface area contributed by atoms with E-state index in [0.717, 1.165) is 32.3 Å². The number of amides is 3. The minimum Gasteiger partial charge on any atom is -0.376 e. The Labute approximate surface area is 177 Å². The van der Waals surface area contributed by atoms with E-state index in [1.165, 1.54) is 11.3 Å². The van der Waals surface area contributed by atoms with E-state index in [2.05, 4.69) is 20.8 Å². The summed E-state index contributed by atoms with van der Waals surface area (Å²) in [4.78, 5) is 26.8. The van der Waals surface area contributed by atoms with Gasteiger partial charge in [-0.15, -0.1) is 10.2 Å². The van der Waals surface area contributed by atoms with Crippen LogP contribution in [0.1, 0.15) is 46.5 Å². The molecule has 10 heteroatoms. The summed E-state index contributed by atoms with van der Waals surface area (Å²) in [6.07, 6.45) is 3.82. The van der Waals surface area contributed by atoms with E-state index in [-0.39, 0.29) is 29.1 Å². The lowest BCUT2D eigenvalue weighted by Gasteiger charge is -2.23. The van der Waals surface area contributed by atoms with Gasteiger partial charge in [-0.25, -0.2) is 4.79 Å². The molecule has 2 aliphatic heterocycles. The average Bonchev–Trinajstić information content (AvgIpc) is 3.48. The van der Waals surface area contributed by atoms with Crippen LogP contribution < -0.4 is 10.6 Å². The maximum atomic E-state index is 12.6. The minimum absolute atomic E-state index is 0.102. The highest BCUT2D eigenvalue weighted by Gasteiger charge is 2.33. The Morgan fingerprint density at radius 2 is 2.03 bits per heavy atom. The SMILES string of the molecule is O=C(Nc1ccc(Cl)cc1)c1nnc([C@@H]2CCCN2C(=O)NC[C@@H]2CCCO2)s1. The molecule has 8 nitrogen and oxygen atoms in total. The Hall–Kier alpha value is -2.23. The van der Waals surface area contributed by atoms with Crippen LogP contribution in [-0.2, 0) is 4.74 Å². The molecule has 0 radical (unpaired) electrons. The number of hydrogen-bond acceptors (Lipinski definition) is 6. The van der Waals surface area contributed by atoms with Gasteiger partial charge in [-0.2, -0.15) is 0 Å². The first kappa shape index (κ1) is 20.1. The summed E-state index contributed by atoms with van der Waals surface area (Å²) in [5.41, 5.74) is 0.632. The summed E-state index contributed by atoms with van der Waals surface area (Å²) < 4.78 is 5.56. The Morgan fingerprint density at radius 1 is 1.21 bits per heavy atom. The van der Waals surface area contributed by atoms with Crippen LogP contribution >= 0.6 is 22.9 Å². The van der Waals surface area contributed by atoms with Crippen molar-refractivity contribution in [3.8, 4) is 0 Å². The number of aromatic nitrogens is 2. The molecule has 0 aliphatic carbocycles. The number of hydrogen-bond donors (Lipinski definition) is 2. The van der Waals surface area contributed by atoms with Gasteiger partial charge in [-0.05, 0) is 49.9 Å². The molecule has 154 valence electrons. The maximum absolute atomic E-state index is 12.6. The molecule has 0 bridgehead atoms. The number of ether oxygens (including phenoxy) is 1. The van der Waals surface area contributed by atoms with Gasteiger partial charge in [0.1, 0.15) is 5.01 Å². The topological polar surface area (TPSA) is 96.5 Å². The van der Waals surface area contributed by atoms with Gasteiger partial charge in [0.05, 0.1) is 12.1 Å². The van der Waals surface area contributed by atoms with Crippen LogP contribution in [0.2, 0.25) is 5.02 Å². The third kappa shape index (κ3) is 4.85. The zero-order chi connectivity index (χ0) is 20.2. The Kier molecular flexibility index (Phi) is 6.27. The summed E-state index contributed by atoms with van der Waals surface area (Å²) in [6.45, 7) is 1.94. The van der Waals surface area contributed by atoms with Gasteiger partial charge < -0.3 is 20.3 Å². The average molecular weight is 436 g/mol. The molecule has 2 N–H and O–H groups in total. The van der Waals surface area contributed by atoms with Crippen molar-refractivity contribution in [1.29, 1.82) is 0 Å². The van der Waals surface area contributed by atoms with Gasteiger partial charge in [0.25, 0.3) is 5.91 Å². The van der Waals surface area contributed by atoms with Crippen LogP contribution in [0.3, 0.4) is 0 Å². The minimum atomic E-state index is -0.330. The quantitative estimate of drug-likeness (QED) is 0.749. The lowest BCUT2D eigenvalue weighted by molar-refractivity contribution is 0.102. The monoisotopic (exact) mass is 435 g/mol. The number of nitrogens with one attached hydrogen (secondary N) is 2. The van der Waals surface area contributed by atoms with Crippen molar-refractivity contribution in [2.24, 2.45) is 0 Å². The van der Waals surface area contributed by atoms with E-state index < -0.39 is 0 Å². The normalized spacial score (nSPS) is 21.3. The zero-order valence-electron chi connectivity index (χ0n) is 15.8. The summed E-state index contributed by atoms with van der Waals surface area (Å²) >= 11 is 7.08. The third-order valence-corrected chi connectivity index (χ3v) is 6.32. The van der Waals surface area contributed by atoms with Crippen molar-refractivity contribution in [3.63, 3.8) is 0 Å². The number of halogens is 1. The second-order valence-electron chi connectivity index (χ2n) is 7.08. The Balaban J connectivity index is 1.37. The molecule has 2 aliphatic rings. The maximum Gasteiger partial charge on any atom is 0.318 e. The van der Waals surface area contributed by atoms with Crippen molar-refractivity contribution in [1.82, 2.24) is 20.4 Å². The first-order valence-corrected chi connectivity index (χ1v) is 10.9. The predicted molar refractivity (Wildman–Crippen MR) is 110 cm³/mol. The zero-order valence-corrected chi connectivity index (χ0v) is 17.3. The predicted octanol–water partition coefficient (Wildman–Crippen LogP) is 3.47. The first-order valence-electron chi connectivity index (χ1n) is 9.66. The van der Waals surface area contributed by atoms with Gasteiger partial charge in [-0.1, -0.05) is 22.9 Å². The van der Waals surface area contributed by atoms with E-state index >= 15 is 0 Å². The van der Waals surface area contributed by atoms with Crippen molar-refractivity contribution >= 4 is 40.6 Å². The molecular weight excluding hydrogens is 414 g/mol. The molecular formula is C19H22ClN5O3S. The Bertz CT molecular complexity index is 869. The lowest BCUT2D eigenvalue weighted by atomic mass is 10.2. The van der Waals surface area contributed by atoms with E-state index in [1.54, 1.807) is 29.2 Å². The fraction of sp³-hybridized carbons (Fsp3) is 0.474. The van der Waals surface area contributed by atoms with Crippen LogP contribution in [0.4, 0.5) is 10.5 Å². The second-order valence-corrected chi connectivity index (χ2v) is 8.52. The number of rotatable bonds is 5. The Morgan fingerprint density at radius 3 is 2.79 bits per heavy atom. The molecule has 2 atom stereocenters. The van der Waals surface area contributed by atoms with Gasteiger partial charge >= 0.3 is 6.03 Å². The summed E-state index contributed by atoms with van der Waals surface area (Å²) in [6, 6.07) is 6.57. The molecule has 3 amide bonds. The molecule has 2 saturated heterocycles. The molecule has 1 aromatic carbocycles. The molecule has 4 rings (SSSR count). The van der Waals surface area contributed by atoms with Crippen LogP contribution in [0, 0.1) is 0 Å². The number of carbonyl (C=O) groups is 2. The number of nitrogens with zero attached hydrogens (tertiary/aromatic N) is 3. The van der Waals surface area contributed by atoms with E-state index in [0.29, 0.717) is 28.8 Å². The van der Waals surface area contributed by atoms with Crippen LogP contribution in [-0.4, -0.2) is 52.8 Å². The largest absolute Gasteiger partial charge is 0.376 e. The highest BCUT2D eigenvalue weighted by atomic mass is 35.5. The van der Waals surface area contributed by atoms with Gasteiger partial charge in [0, 0.05) is 30.4 Å². The standard InChI is InChI=1S/C19H22ClN5O3S/c20-12-5-7-13(8-6-12)22-16(26)18-24-23-17(29-18)15-4-1-9-25(15)19(27)21-11-14-3-2-10-28-14/h5-8,14-15H,1-4,9-11H2,(H,21,27)(H,22,26)/t14-,15-/m0/s1. The van der Waals surface area contributed by atoms with Crippen LogP contribution in [0.15, 0.2) is 24.3 Å².